The van der Waals surface area contributed by atoms with Crippen molar-refractivity contribution in [3.63, 3.8) is 0 Å². The van der Waals surface area contributed by atoms with Crippen molar-refractivity contribution >= 4 is 11.8 Å². The predicted octanol–water partition coefficient (Wildman–Crippen LogP) is 0.996. The van der Waals surface area contributed by atoms with Gasteiger partial charge < -0.3 is 10.6 Å². The molecule has 0 aromatic rings. The molecular weight excluding hydrogens is 230 g/mol. The highest BCUT2D eigenvalue weighted by molar-refractivity contribution is 5.95. The summed E-state index contributed by atoms with van der Waals surface area (Å²) in [7, 11) is 3.56. The van der Waals surface area contributed by atoms with Gasteiger partial charge in [0.2, 0.25) is 11.8 Å². The van der Waals surface area contributed by atoms with Crippen molar-refractivity contribution in [2.24, 2.45) is 0 Å². The van der Waals surface area contributed by atoms with E-state index in [9.17, 15) is 9.59 Å². The van der Waals surface area contributed by atoms with Crippen molar-refractivity contribution in [1.82, 2.24) is 15.5 Å². The summed E-state index contributed by atoms with van der Waals surface area (Å²) in [6.07, 6.45) is 0.512. The number of rotatable bonds is 6. The van der Waals surface area contributed by atoms with Crippen LogP contribution in [0.3, 0.4) is 0 Å². The molecule has 0 radical (unpaired) electrons. The third kappa shape index (κ3) is 4.00. The summed E-state index contributed by atoms with van der Waals surface area (Å²) in [5.74, 6) is -1.54. The van der Waals surface area contributed by atoms with Crippen LogP contribution in [-0.4, -0.2) is 36.6 Å². The van der Waals surface area contributed by atoms with Crippen LogP contribution in [0.25, 0.3) is 0 Å². The average molecular weight is 253 g/mol. The maximum absolute atomic E-state index is 11.8. The summed E-state index contributed by atoms with van der Waals surface area (Å²) in [6, 6.07) is 0. The van der Waals surface area contributed by atoms with E-state index in [2.05, 4.69) is 23.8 Å². The fraction of sp³-hybridized carbons (Fsp3) is 0.538. The number of nitrogens with one attached hydrogen (secondary N) is 2. The number of carbonyl (C=O) groups is 2. The Morgan fingerprint density at radius 2 is 1.39 bits per heavy atom. The van der Waals surface area contributed by atoms with Crippen LogP contribution >= 0.6 is 0 Å². The molecule has 2 N–H and O–H groups in total. The Hall–Kier alpha value is -1.62. The molecule has 0 spiro atoms. The molecule has 0 saturated carbocycles. The Bertz CT molecular complexity index is 344. The lowest BCUT2D eigenvalue weighted by Gasteiger charge is -2.40. The first-order chi connectivity index (χ1) is 8.16. The monoisotopic (exact) mass is 253 g/mol. The van der Waals surface area contributed by atoms with Crippen molar-refractivity contribution in [2.45, 2.75) is 33.0 Å². The van der Waals surface area contributed by atoms with Crippen LogP contribution in [0.5, 0.6) is 0 Å². The van der Waals surface area contributed by atoms with Gasteiger partial charge in [-0.1, -0.05) is 20.1 Å². The van der Waals surface area contributed by atoms with E-state index in [4.69, 9.17) is 0 Å². The van der Waals surface area contributed by atoms with Crippen molar-refractivity contribution in [2.75, 3.05) is 14.1 Å². The molecule has 0 aliphatic heterocycles. The first-order valence-electron chi connectivity index (χ1n) is 5.79. The fourth-order valence-electron chi connectivity index (χ4n) is 1.34. The molecule has 0 atom stereocenters. The van der Waals surface area contributed by atoms with E-state index in [0.29, 0.717) is 17.6 Å². The lowest BCUT2D eigenvalue weighted by atomic mass is 10.1. The molecule has 0 aromatic heterocycles. The summed E-state index contributed by atoms with van der Waals surface area (Å²) in [5.41, 5.74) is 0.776. The molecule has 0 rings (SSSR count). The number of carbonyl (C=O) groups excluding carboxylic acids is 2. The van der Waals surface area contributed by atoms with Crippen LogP contribution < -0.4 is 10.6 Å². The zero-order valence-electron chi connectivity index (χ0n) is 11.9. The number of hydrogen-bond acceptors (Lipinski definition) is 3. The van der Waals surface area contributed by atoms with Crippen LogP contribution in [0.4, 0.5) is 0 Å². The molecule has 0 saturated heterocycles. The molecule has 5 heteroatoms. The Labute approximate surface area is 109 Å². The van der Waals surface area contributed by atoms with Crippen molar-refractivity contribution < 1.29 is 9.59 Å². The van der Waals surface area contributed by atoms with Gasteiger partial charge in [-0.05, 0) is 27.9 Å². The minimum atomic E-state index is -0.938. The Morgan fingerprint density at radius 3 is 1.56 bits per heavy atom. The molecule has 0 aromatic carbocycles. The zero-order valence-corrected chi connectivity index (χ0v) is 11.9. The second-order valence-corrected chi connectivity index (χ2v) is 4.58. The lowest BCUT2D eigenvalue weighted by molar-refractivity contribution is -0.127. The SMILES string of the molecule is C=C(C)C(=O)NC(CC)(NC(=O)C(=C)C)N(C)C. The molecule has 0 unspecified atom stereocenters. The van der Waals surface area contributed by atoms with Gasteiger partial charge >= 0.3 is 0 Å². The van der Waals surface area contributed by atoms with Crippen LogP contribution in [0.15, 0.2) is 24.3 Å². The minimum Gasteiger partial charge on any atom is -0.317 e. The maximum atomic E-state index is 11.8. The van der Waals surface area contributed by atoms with E-state index >= 15 is 0 Å². The van der Waals surface area contributed by atoms with Gasteiger partial charge in [-0.25, -0.2) is 0 Å². The van der Waals surface area contributed by atoms with Crippen molar-refractivity contribution in [1.29, 1.82) is 0 Å². The van der Waals surface area contributed by atoms with Gasteiger partial charge in [0, 0.05) is 17.6 Å². The topological polar surface area (TPSA) is 61.4 Å². The predicted molar refractivity (Wildman–Crippen MR) is 72.6 cm³/mol. The van der Waals surface area contributed by atoms with Crippen LogP contribution in [0.2, 0.25) is 0 Å². The van der Waals surface area contributed by atoms with E-state index in [1.807, 2.05) is 6.92 Å². The molecule has 5 nitrogen and oxygen atoms in total. The van der Waals surface area contributed by atoms with Crippen LogP contribution in [0.1, 0.15) is 27.2 Å². The smallest absolute Gasteiger partial charge is 0.249 e. The fourth-order valence-corrected chi connectivity index (χ4v) is 1.34. The number of hydrogen-bond donors (Lipinski definition) is 2. The maximum Gasteiger partial charge on any atom is 0.249 e. The number of nitrogens with zero attached hydrogens (tertiary/aromatic N) is 1. The third-order valence-electron chi connectivity index (χ3n) is 2.69. The Morgan fingerprint density at radius 1 is 1.06 bits per heavy atom. The molecule has 0 heterocycles. The van der Waals surface area contributed by atoms with E-state index in [0.717, 1.165) is 0 Å². The molecule has 102 valence electrons. The quantitative estimate of drug-likeness (QED) is 0.548. The summed E-state index contributed by atoms with van der Waals surface area (Å²) >= 11 is 0. The zero-order chi connectivity index (χ0) is 14.5. The molecule has 0 aliphatic carbocycles. The molecule has 2 amide bonds. The van der Waals surface area contributed by atoms with E-state index in [-0.39, 0.29) is 11.8 Å². The first kappa shape index (κ1) is 16.4. The summed E-state index contributed by atoms with van der Waals surface area (Å²) in [5, 5.41) is 5.56. The van der Waals surface area contributed by atoms with Gasteiger partial charge in [0.05, 0.1) is 0 Å². The third-order valence-corrected chi connectivity index (χ3v) is 2.69. The largest absolute Gasteiger partial charge is 0.317 e. The highest BCUT2D eigenvalue weighted by Crippen LogP contribution is 2.11. The molecule has 0 fully saturated rings. The molecule has 18 heavy (non-hydrogen) atoms. The first-order valence-corrected chi connectivity index (χ1v) is 5.79. The standard InChI is InChI=1S/C13H23N3O2/c1-8-13(16(6)7,14-11(17)9(2)3)15-12(18)10(4)5/h2,4,8H2,1,3,5-7H3,(H,14,17)(H,15,18). The Balaban J connectivity index is 5.17. The van der Waals surface area contributed by atoms with Crippen LogP contribution in [-0.2, 0) is 9.59 Å². The van der Waals surface area contributed by atoms with Crippen LogP contribution in [0, 0.1) is 0 Å². The van der Waals surface area contributed by atoms with Gasteiger partial charge in [0.25, 0.3) is 0 Å². The summed E-state index contributed by atoms with van der Waals surface area (Å²) in [6.45, 7) is 12.3. The summed E-state index contributed by atoms with van der Waals surface area (Å²) in [4.78, 5) is 25.3. The minimum absolute atomic E-state index is 0.299. The second kappa shape index (κ2) is 6.35. The van der Waals surface area contributed by atoms with Gasteiger partial charge in [-0.15, -0.1) is 0 Å². The number of amides is 2. The lowest BCUT2D eigenvalue weighted by Crippen LogP contribution is -2.68. The van der Waals surface area contributed by atoms with E-state index < -0.39 is 5.79 Å². The highest BCUT2D eigenvalue weighted by atomic mass is 16.2. The van der Waals surface area contributed by atoms with Gasteiger partial charge in [0.15, 0.2) is 5.79 Å². The van der Waals surface area contributed by atoms with E-state index in [1.54, 1.807) is 32.8 Å². The van der Waals surface area contributed by atoms with Crippen molar-refractivity contribution in [3.8, 4) is 0 Å². The van der Waals surface area contributed by atoms with E-state index in [1.165, 1.54) is 0 Å². The normalized spacial score (nSPS) is 11.0. The highest BCUT2D eigenvalue weighted by Gasteiger charge is 2.34. The van der Waals surface area contributed by atoms with Gasteiger partial charge in [-0.3, -0.25) is 14.5 Å². The molecule has 0 bridgehead atoms. The molecule has 0 aliphatic rings. The van der Waals surface area contributed by atoms with Gasteiger partial charge in [-0.2, -0.15) is 0 Å². The average Bonchev–Trinajstić information content (AvgIpc) is 2.26. The van der Waals surface area contributed by atoms with Crippen molar-refractivity contribution in [3.05, 3.63) is 24.3 Å². The van der Waals surface area contributed by atoms with Gasteiger partial charge in [0.1, 0.15) is 0 Å². The molecular formula is C13H23N3O2. The summed E-state index contributed by atoms with van der Waals surface area (Å²) < 4.78 is 0. The second-order valence-electron chi connectivity index (χ2n) is 4.58. The Kier molecular flexibility index (Phi) is 5.78.